The van der Waals surface area contributed by atoms with Crippen molar-refractivity contribution in [3.05, 3.63) is 41.3 Å². The van der Waals surface area contributed by atoms with Gasteiger partial charge in [0.2, 0.25) is 11.8 Å². The van der Waals surface area contributed by atoms with Crippen molar-refractivity contribution < 1.29 is 33.4 Å². The van der Waals surface area contributed by atoms with Crippen molar-refractivity contribution in [2.24, 2.45) is 7.05 Å². The SMILES string of the molecule is CCCCOC(=O)N1CCN(C(=O)[C@H](CCc2nnnn2C)NC(=O)c2cc(OCC(=O)N3CCC[C@H]3C(=O)NC3CCC3)c3ccc(C)cc3n2)CC1. The maximum Gasteiger partial charge on any atom is 0.409 e. The maximum atomic E-state index is 14.0. The highest BCUT2D eigenvalue weighted by Crippen LogP contribution is 2.28. The second kappa shape index (κ2) is 17.6. The van der Waals surface area contributed by atoms with Crippen molar-refractivity contribution in [3.63, 3.8) is 0 Å². The Morgan fingerprint density at radius 2 is 1.76 bits per heavy atom. The molecule has 0 unspecified atom stereocenters. The van der Waals surface area contributed by atoms with Gasteiger partial charge in [0, 0.05) is 63.7 Å². The molecule has 4 heterocycles. The first-order valence-electron chi connectivity index (χ1n) is 19.0. The Labute approximate surface area is 314 Å². The van der Waals surface area contributed by atoms with E-state index in [2.05, 4.69) is 31.1 Å². The van der Waals surface area contributed by atoms with Crippen LogP contribution in [-0.2, 0) is 32.6 Å². The molecule has 17 heteroatoms. The summed E-state index contributed by atoms with van der Waals surface area (Å²) in [6.45, 7) is 5.57. The minimum Gasteiger partial charge on any atom is -0.483 e. The number of rotatable bonds is 14. The Morgan fingerprint density at radius 1 is 0.981 bits per heavy atom. The Bertz CT molecular complexity index is 1840. The van der Waals surface area contributed by atoms with Gasteiger partial charge in [0.1, 0.15) is 23.5 Å². The molecular weight excluding hydrogens is 696 g/mol. The molecule has 1 aromatic carbocycles. The van der Waals surface area contributed by atoms with Crippen molar-refractivity contribution >= 4 is 40.6 Å². The highest BCUT2D eigenvalue weighted by atomic mass is 16.6. The van der Waals surface area contributed by atoms with Gasteiger partial charge in [-0.1, -0.05) is 19.4 Å². The predicted molar refractivity (Wildman–Crippen MR) is 195 cm³/mol. The molecule has 2 aliphatic heterocycles. The summed E-state index contributed by atoms with van der Waals surface area (Å²) in [4.78, 5) is 76.3. The van der Waals surface area contributed by atoms with Gasteiger partial charge in [-0.05, 0) is 80.0 Å². The van der Waals surface area contributed by atoms with Gasteiger partial charge in [0.25, 0.3) is 11.8 Å². The van der Waals surface area contributed by atoms with Gasteiger partial charge in [0.05, 0.1) is 12.1 Å². The highest BCUT2D eigenvalue weighted by molar-refractivity contribution is 5.99. The summed E-state index contributed by atoms with van der Waals surface area (Å²) >= 11 is 0. The first-order chi connectivity index (χ1) is 26.1. The highest BCUT2D eigenvalue weighted by Gasteiger charge is 2.36. The Morgan fingerprint density at radius 3 is 2.46 bits per heavy atom. The second-order valence-electron chi connectivity index (χ2n) is 14.3. The standard InChI is InChI=1S/C37H50N10O7/c1-4-5-20-53-37(52)46-18-16-45(17-19-46)36(51)27(13-14-32-41-42-43-44(32)3)40-34(49)29-22-31(26-12-11-24(2)21-28(26)39-29)54-23-33(48)47-15-7-10-30(47)35(50)38-25-8-6-9-25/h11-12,21-22,25,27,30H,4-10,13-20,23H2,1-3H3,(H,38,50)(H,40,49)/t27-,30-/m0/s1. The number of piperazine rings is 1. The van der Waals surface area contributed by atoms with Crippen molar-refractivity contribution in [2.45, 2.75) is 89.8 Å². The molecule has 54 heavy (non-hydrogen) atoms. The number of aryl methyl sites for hydroxylation is 3. The van der Waals surface area contributed by atoms with Crippen LogP contribution >= 0.6 is 0 Å². The van der Waals surface area contributed by atoms with Gasteiger partial charge >= 0.3 is 6.09 Å². The fourth-order valence-electron chi connectivity index (χ4n) is 6.90. The zero-order valence-electron chi connectivity index (χ0n) is 31.3. The number of nitrogens with one attached hydrogen (secondary N) is 2. The lowest BCUT2D eigenvalue weighted by Gasteiger charge is -2.36. The minimum atomic E-state index is -0.962. The van der Waals surface area contributed by atoms with Crippen LogP contribution in [-0.4, -0.2) is 134 Å². The van der Waals surface area contributed by atoms with Gasteiger partial charge in [0.15, 0.2) is 12.4 Å². The number of likely N-dealkylation sites (tertiary alicyclic amines) is 1. The largest absolute Gasteiger partial charge is 0.483 e. The number of hydrogen-bond acceptors (Lipinski definition) is 11. The van der Waals surface area contributed by atoms with E-state index in [0.717, 1.165) is 44.1 Å². The number of benzene rings is 1. The molecule has 3 fully saturated rings. The first-order valence-corrected chi connectivity index (χ1v) is 19.0. The maximum absolute atomic E-state index is 14.0. The molecule has 2 saturated heterocycles. The number of tetrazole rings is 1. The second-order valence-corrected chi connectivity index (χ2v) is 14.3. The molecule has 17 nitrogen and oxygen atoms in total. The molecule has 0 bridgehead atoms. The number of fused-ring (bicyclic) bond motifs is 1. The van der Waals surface area contributed by atoms with Gasteiger partial charge in [-0.25, -0.2) is 14.5 Å². The number of pyridine rings is 1. The average molecular weight is 747 g/mol. The Hall–Kier alpha value is -5.35. The third-order valence-electron chi connectivity index (χ3n) is 10.4. The summed E-state index contributed by atoms with van der Waals surface area (Å²) in [7, 11) is 1.70. The Balaban J connectivity index is 1.16. The lowest BCUT2D eigenvalue weighted by molar-refractivity contribution is -0.140. The zero-order valence-corrected chi connectivity index (χ0v) is 31.3. The molecule has 0 radical (unpaired) electrons. The lowest BCUT2D eigenvalue weighted by atomic mass is 9.93. The van der Waals surface area contributed by atoms with Crippen molar-refractivity contribution in [1.29, 1.82) is 0 Å². The van der Waals surface area contributed by atoms with Crippen LogP contribution in [0.1, 0.15) is 80.2 Å². The van der Waals surface area contributed by atoms with Crippen LogP contribution < -0.4 is 15.4 Å². The smallest absolute Gasteiger partial charge is 0.409 e. The van der Waals surface area contributed by atoms with Crippen molar-refractivity contribution in [1.82, 2.24) is 50.5 Å². The number of amides is 5. The summed E-state index contributed by atoms with van der Waals surface area (Å²) in [5, 5.41) is 18.1. The van der Waals surface area contributed by atoms with Crippen LogP contribution in [0.25, 0.3) is 10.9 Å². The fraction of sp³-hybridized carbons (Fsp3) is 0.595. The summed E-state index contributed by atoms with van der Waals surface area (Å²) in [5.41, 5.74) is 1.40. The first kappa shape index (κ1) is 38.4. The number of ether oxygens (including phenoxy) is 2. The third-order valence-corrected chi connectivity index (χ3v) is 10.4. The topological polar surface area (TPSA) is 194 Å². The molecule has 1 aliphatic carbocycles. The van der Waals surface area contributed by atoms with Crippen molar-refractivity contribution in [2.75, 3.05) is 45.9 Å². The molecule has 5 amide bonds. The average Bonchev–Trinajstić information content (AvgIpc) is 3.82. The summed E-state index contributed by atoms with van der Waals surface area (Å²) < 4.78 is 13.0. The minimum absolute atomic E-state index is 0.00671. The third kappa shape index (κ3) is 9.23. The monoisotopic (exact) mass is 746 g/mol. The molecule has 2 atom stereocenters. The fourth-order valence-corrected chi connectivity index (χ4v) is 6.90. The van der Waals surface area contributed by atoms with Crippen LogP contribution in [0.2, 0.25) is 0 Å². The molecule has 290 valence electrons. The number of aromatic nitrogens is 5. The summed E-state index contributed by atoms with van der Waals surface area (Å²) in [6, 6.07) is 5.69. The number of hydrogen-bond donors (Lipinski definition) is 2. The van der Waals surface area contributed by atoms with E-state index in [0.29, 0.717) is 55.8 Å². The van der Waals surface area contributed by atoms with Crippen LogP contribution in [0.5, 0.6) is 5.75 Å². The molecular formula is C37H50N10O7. The lowest BCUT2D eigenvalue weighted by Crippen LogP contribution is -2.56. The van der Waals surface area contributed by atoms with E-state index < -0.39 is 24.1 Å². The van der Waals surface area contributed by atoms with E-state index in [1.807, 2.05) is 32.0 Å². The van der Waals surface area contributed by atoms with E-state index in [-0.39, 0.29) is 61.3 Å². The molecule has 3 aliphatic rings. The quantitative estimate of drug-likeness (QED) is 0.229. The normalized spacial score (nSPS) is 17.9. The van der Waals surface area contributed by atoms with Crippen LogP contribution in [0.15, 0.2) is 24.3 Å². The number of unbranched alkanes of at least 4 members (excludes halogenated alkanes) is 1. The van der Waals surface area contributed by atoms with Crippen molar-refractivity contribution in [3.8, 4) is 5.75 Å². The molecule has 2 N–H and O–H groups in total. The molecule has 2 aromatic heterocycles. The van der Waals surface area contributed by atoms with Crippen LogP contribution in [0, 0.1) is 6.92 Å². The van der Waals surface area contributed by atoms with E-state index in [1.165, 1.54) is 10.7 Å². The van der Waals surface area contributed by atoms with E-state index in [1.54, 1.807) is 21.7 Å². The van der Waals surface area contributed by atoms with E-state index >= 15 is 0 Å². The number of carbonyl (C=O) groups is 5. The molecule has 3 aromatic rings. The number of nitrogens with zero attached hydrogens (tertiary/aromatic N) is 8. The molecule has 1 saturated carbocycles. The van der Waals surface area contributed by atoms with Gasteiger partial charge in [-0.3, -0.25) is 19.2 Å². The zero-order chi connectivity index (χ0) is 38.2. The Kier molecular flexibility index (Phi) is 12.5. The summed E-state index contributed by atoms with van der Waals surface area (Å²) in [5.74, 6) is -0.527. The number of carbonyl (C=O) groups excluding carboxylic acids is 5. The van der Waals surface area contributed by atoms with Crippen LogP contribution in [0.4, 0.5) is 4.79 Å². The molecule has 0 spiro atoms. The predicted octanol–water partition coefficient (Wildman–Crippen LogP) is 1.92. The van der Waals surface area contributed by atoms with E-state index in [9.17, 15) is 24.0 Å². The molecule has 6 rings (SSSR count). The summed E-state index contributed by atoms with van der Waals surface area (Å²) in [6.07, 6.45) is 6.14. The van der Waals surface area contributed by atoms with Gasteiger partial charge in [-0.2, -0.15) is 0 Å². The van der Waals surface area contributed by atoms with Gasteiger partial charge < -0.3 is 34.8 Å². The van der Waals surface area contributed by atoms with E-state index in [4.69, 9.17) is 9.47 Å². The van der Waals surface area contributed by atoms with Crippen LogP contribution in [0.3, 0.4) is 0 Å². The van der Waals surface area contributed by atoms with Gasteiger partial charge in [-0.15, -0.1) is 5.10 Å².